The summed E-state index contributed by atoms with van der Waals surface area (Å²) in [6, 6.07) is 8.54. The van der Waals surface area contributed by atoms with E-state index in [9.17, 15) is 0 Å². The average molecular weight is 215 g/mol. The standard InChI is InChI=1S/C13H17N3/c1-2-12(14)9-11-5-3-4-6-13(11)16-8-7-15-10-16/h3-8,10,12H,2,9,14H2,1H3. The molecule has 2 rings (SSSR count). The molecule has 2 aromatic rings. The molecule has 0 bridgehead atoms. The molecule has 84 valence electrons. The van der Waals surface area contributed by atoms with E-state index in [-0.39, 0.29) is 6.04 Å². The molecule has 0 saturated carbocycles. The average Bonchev–Trinajstić information content (AvgIpc) is 2.83. The molecule has 0 aliphatic carbocycles. The number of rotatable bonds is 4. The van der Waals surface area contributed by atoms with Crippen molar-refractivity contribution < 1.29 is 0 Å². The van der Waals surface area contributed by atoms with E-state index >= 15 is 0 Å². The number of aromatic nitrogens is 2. The van der Waals surface area contributed by atoms with Gasteiger partial charge in [-0.2, -0.15) is 0 Å². The second-order valence-electron chi connectivity index (χ2n) is 3.97. The van der Waals surface area contributed by atoms with Crippen LogP contribution in [-0.2, 0) is 6.42 Å². The first-order valence-corrected chi connectivity index (χ1v) is 5.63. The highest BCUT2D eigenvalue weighted by atomic mass is 15.0. The molecule has 3 heteroatoms. The third-order valence-corrected chi connectivity index (χ3v) is 2.78. The summed E-state index contributed by atoms with van der Waals surface area (Å²) in [5.41, 5.74) is 8.45. The van der Waals surface area contributed by atoms with Crippen molar-refractivity contribution in [3.05, 3.63) is 48.5 Å². The lowest BCUT2D eigenvalue weighted by Gasteiger charge is -2.13. The van der Waals surface area contributed by atoms with Gasteiger partial charge in [0.25, 0.3) is 0 Å². The van der Waals surface area contributed by atoms with Crippen LogP contribution >= 0.6 is 0 Å². The number of imidazole rings is 1. The van der Waals surface area contributed by atoms with Gasteiger partial charge in [-0.25, -0.2) is 4.98 Å². The molecule has 0 amide bonds. The lowest BCUT2D eigenvalue weighted by Crippen LogP contribution is -2.22. The van der Waals surface area contributed by atoms with E-state index < -0.39 is 0 Å². The maximum absolute atomic E-state index is 6.00. The summed E-state index contributed by atoms with van der Waals surface area (Å²) in [4.78, 5) is 4.07. The van der Waals surface area contributed by atoms with Crippen molar-refractivity contribution in [3.8, 4) is 5.69 Å². The number of hydrogen-bond acceptors (Lipinski definition) is 2. The molecule has 0 fully saturated rings. The third kappa shape index (κ3) is 2.31. The zero-order valence-corrected chi connectivity index (χ0v) is 9.50. The van der Waals surface area contributed by atoms with E-state index in [2.05, 4.69) is 30.1 Å². The van der Waals surface area contributed by atoms with Crippen LogP contribution in [0.2, 0.25) is 0 Å². The second-order valence-corrected chi connectivity index (χ2v) is 3.97. The first-order valence-electron chi connectivity index (χ1n) is 5.63. The SMILES string of the molecule is CCC(N)Cc1ccccc1-n1ccnc1. The number of nitrogens with two attached hydrogens (primary N) is 1. The molecule has 1 aromatic carbocycles. The van der Waals surface area contributed by atoms with Gasteiger partial charge in [-0.1, -0.05) is 25.1 Å². The van der Waals surface area contributed by atoms with Gasteiger partial charge in [0, 0.05) is 24.1 Å². The molecule has 0 aliphatic heterocycles. The fraction of sp³-hybridized carbons (Fsp3) is 0.308. The van der Waals surface area contributed by atoms with Gasteiger partial charge in [-0.05, 0) is 24.5 Å². The fourth-order valence-corrected chi connectivity index (χ4v) is 1.76. The Labute approximate surface area is 95.9 Å². The van der Waals surface area contributed by atoms with E-state index in [1.165, 1.54) is 11.3 Å². The summed E-state index contributed by atoms with van der Waals surface area (Å²) in [5.74, 6) is 0. The van der Waals surface area contributed by atoms with E-state index in [0.717, 1.165) is 12.8 Å². The van der Waals surface area contributed by atoms with Crippen LogP contribution < -0.4 is 5.73 Å². The Hall–Kier alpha value is -1.61. The van der Waals surface area contributed by atoms with Crippen LogP contribution in [0.3, 0.4) is 0 Å². The van der Waals surface area contributed by atoms with Crippen molar-refractivity contribution in [2.45, 2.75) is 25.8 Å². The molecule has 1 unspecified atom stereocenters. The molecule has 0 aliphatic rings. The maximum Gasteiger partial charge on any atom is 0.0991 e. The minimum absolute atomic E-state index is 0.227. The van der Waals surface area contributed by atoms with Crippen LogP contribution in [0, 0.1) is 0 Å². The Bertz CT molecular complexity index is 434. The fourth-order valence-electron chi connectivity index (χ4n) is 1.76. The molecule has 0 radical (unpaired) electrons. The summed E-state index contributed by atoms with van der Waals surface area (Å²) in [5, 5.41) is 0. The predicted octanol–water partition coefficient (Wildman–Crippen LogP) is 2.15. The van der Waals surface area contributed by atoms with Gasteiger partial charge < -0.3 is 10.3 Å². The third-order valence-electron chi connectivity index (χ3n) is 2.78. The molecular formula is C13H17N3. The topological polar surface area (TPSA) is 43.8 Å². The smallest absolute Gasteiger partial charge is 0.0991 e. The Morgan fingerprint density at radius 2 is 2.19 bits per heavy atom. The van der Waals surface area contributed by atoms with Crippen molar-refractivity contribution in [1.29, 1.82) is 0 Å². The predicted molar refractivity (Wildman–Crippen MR) is 65.5 cm³/mol. The first kappa shape index (κ1) is 10.9. The highest BCUT2D eigenvalue weighted by Crippen LogP contribution is 2.16. The van der Waals surface area contributed by atoms with Crippen LogP contribution in [-0.4, -0.2) is 15.6 Å². The van der Waals surface area contributed by atoms with Gasteiger partial charge >= 0.3 is 0 Å². The van der Waals surface area contributed by atoms with Gasteiger partial charge in [-0.15, -0.1) is 0 Å². The minimum atomic E-state index is 0.227. The molecule has 1 heterocycles. The number of benzene rings is 1. The quantitative estimate of drug-likeness (QED) is 0.849. The molecule has 0 spiro atoms. The van der Waals surface area contributed by atoms with Gasteiger partial charge in [0.15, 0.2) is 0 Å². The van der Waals surface area contributed by atoms with Crippen molar-refractivity contribution in [3.63, 3.8) is 0 Å². The molecule has 2 N–H and O–H groups in total. The van der Waals surface area contributed by atoms with Crippen molar-refractivity contribution in [1.82, 2.24) is 9.55 Å². The number of para-hydroxylation sites is 1. The zero-order chi connectivity index (χ0) is 11.4. The highest BCUT2D eigenvalue weighted by molar-refractivity contribution is 5.41. The number of hydrogen-bond donors (Lipinski definition) is 1. The Morgan fingerprint density at radius 3 is 2.88 bits per heavy atom. The second kappa shape index (κ2) is 4.94. The molecular weight excluding hydrogens is 198 g/mol. The Morgan fingerprint density at radius 1 is 1.38 bits per heavy atom. The summed E-state index contributed by atoms with van der Waals surface area (Å²) in [7, 11) is 0. The first-order chi connectivity index (χ1) is 7.81. The number of nitrogens with zero attached hydrogens (tertiary/aromatic N) is 2. The molecule has 1 aromatic heterocycles. The van der Waals surface area contributed by atoms with E-state index in [4.69, 9.17) is 5.73 Å². The zero-order valence-electron chi connectivity index (χ0n) is 9.50. The van der Waals surface area contributed by atoms with Crippen LogP contribution in [0.15, 0.2) is 43.0 Å². The summed E-state index contributed by atoms with van der Waals surface area (Å²) < 4.78 is 2.03. The molecule has 16 heavy (non-hydrogen) atoms. The lowest BCUT2D eigenvalue weighted by molar-refractivity contribution is 0.644. The molecule has 1 atom stereocenters. The maximum atomic E-state index is 6.00. The summed E-state index contributed by atoms with van der Waals surface area (Å²) >= 11 is 0. The normalized spacial score (nSPS) is 12.6. The minimum Gasteiger partial charge on any atom is -0.327 e. The van der Waals surface area contributed by atoms with E-state index in [1.54, 1.807) is 6.20 Å². The molecule has 0 saturated heterocycles. The van der Waals surface area contributed by atoms with Crippen molar-refractivity contribution in [2.24, 2.45) is 5.73 Å². The van der Waals surface area contributed by atoms with Crippen LogP contribution in [0.25, 0.3) is 5.69 Å². The van der Waals surface area contributed by atoms with Gasteiger partial charge in [0.1, 0.15) is 0 Å². The van der Waals surface area contributed by atoms with Crippen LogP contribution in [0.1, 0.15) is 18.9 Å². The van der Waals surface area contributed by atoms with Gasteiger partial charge in [0.05, 0.1) is 6.33 Å². The van der Waals surface area contributed by atoms with E-state index in [1.807, 2.05) is 23.2 Å². The van der Waals surface area contributed by atoms with Crippen LogP contribution in [0.4, 0.5) is 0 Å². The van der Waals surface area contributed by atoms with Gasteiger partial charge in [-0.3, -0.25) is 0 Å². The largest absolute Gasteiger partial charge is 0.327 e. The summed E-state index contributed by atoms with van der Waals surface area (Å²) in [6.07, 6.45) is 7.46. The van der Waals surface area contributed by atoms with Crippen LogP contribution in [0.5, 0.6) is 0 Å². The van der Waals surface area contributed by atoms with Crippen molar-refractivity contribution >= 4 is 0 Å². The highest BCUT2D eigenvalue weighted by Gasteiger charge is 2.07. The lowest BCUT2D eigenvalue weighted by atomic mass is 10.0. The summed E-state index contributed by atoms with van der Waals surface area (Å²) in [6.45, 7) is 2.12. The van der Waals surface area contributed by atoms with Gasteiger partial charge in [0.2, 0.25) is 0 Å². The monoisotopic (exact) mass is 215 g/mol. The van der Waals surface area contributed by atoms with Crippen molar-refractivity contribution in [2.75, 3.05) is 0 Å². The Kier molecular flexibility index (Phi) is 3.37. The Balaban J connectivity index is 2.31. The molecule has 3 nitrogen and oxygen atoms in total. The van der Waals surface area contributed by atoms with E-state index in [0.29, 0.717) is 0 Å².